The molecule has 8 nitrogen and oxygen atoms in total. The van der Waals surface area contributed by atoms with Crippen LogP contribution >= 0.6 is 0 Å². The standard InChI is InChI=1S/C21H17N3O5/c25-20-12-19(29-14-15-4-2-1-3-5-15)11-8-17(20)13-22-23-21(26)16-6-9-18(10-7-16)24(27)28/h1-13,25H,14H2,(H,23,26)/b22-13+. The van der Waals surface area contributed by atoms with Crippen LogP contribution in [0.4, 0.5) is 5.69 Å². The third-order valence-electron chi connectivity index (χ3n) is 3.96. The molecule has 0 atom stereocenters. The average molecular weight is 391 g/mol. The van der Waals surface area contributed by atoms with Gasteiger partial charge >= 0.3 is 0 Å². The van der Waals surface area contributed by atoms with Crippen LogP contribution in [0.25, 0.3) is 0 Å². The van der Waals surface area contributed by atoms with Gasteiger partial charge in [-0.05, 0) is 29.8 Å². The zero-order valence-corrected chi connectivity index (χ0v) is 15.2. The van der Waals surface area contributed by atoms with Crippen molar-refractivity contribution in [3.8, 4) is 11.5 Å². The second-order valence-corrected chi connectivity index (χ2v) is 6.00. The number of phenolic OH excluding ortho intramolecular Hbond substituents is 1. The van der Waals surface area contributed by atoms with Gasteiger partial charge in [-0.15, -0.1) is 0 Å². The molecule has 3 aromatic carbocycles. The van der Waals surface area contributed by atoms with Crippen LogP contribution in [0.15, 0.2) is 77.9 Å². The number of amides is 1. The predicted octanol–water partition coefficient (Wildman–Crippen LogP) is 3.64. The molecule has 0 fully saturated rings. The van der Waals surface area contributed by atoms with Crippen molar-refractivity contribution in [2.24, 2.45) is 5.10 Å². The first-order valence-corrected chi connectivity index (χ1v) is 8.60. The summed E-state index contributed by atoms with van der Waals surface area (Å²) in [4.78, 5) is 22.1. The smallest absolute Gasteiger partial charge is 0.271 e. The summed E-state index contributed by atoms with van der Waals surface area (Å²) in [5.41, 5.74) is 3.82. The number of carbonyl (C=O) groups is 1. The fourth-order valence-electron chi connectivity index (χ4n) is 2.42. The Labute approximate surface area is 166 Å². The monoisotopic (exact) mass is 391 g/mol. The van der Waals surface area contributed by atoms with E-state index in [1.165, 1.54) is 36.5 Å². The molecule has 146 valence electrons. The summed E-state index contributed by atoms with van der Waals surface area (Å²) in [7, 11) is 0. The first-order valence-electron chi connectivity index (χ1n) is 8.60. The first-order chi connectivity index (χ1) is 14.0. The molecule has 8 heteroatoms. The molecule has 0 bridgehead atoms. The Morgan fingerprint density at radius 1 is 1.10 bits per heavy atom. The van der Waals surface area contributed by atoms with Gasteiger partial charge < -0.3 is 9.84 Å². The molecular weight excluding hydrogens is 374 g/mol. The third kappa shape index (κ3) is 5.39. The maximum atomic E-state index is 12.0. The zero-order chi connectivity index (χ0) is 20.6. The summed E-state index contributed by atoms with van der Waals surface area (Å²) in [6, 6.07) is 19.5. The number of non-ortho nitro benzene ring substituents is 1. The summed E-state index contributed by atoms with van der Waals surface area (Å²) < 4.78 is 5.63. The van der Waals surface area contributed by atoms with Gasteiger partial charge in [-0.1, -0.05) is 30.3 Å². The van der Waals surface area contributed by atoms with Crippen LogP contribution in [0, 0.1) is 10.1 Å². The van der Waals surface area contributed by atoms with E-state index in [1.807, 2.05) is 30.3 Å². The van der Waals surface area contributed by atoms with Crippen molar-refractivity contribution in [2.45, 2.75) is 6.61 Å². The highest BCUT2D eigenvalue weighted by Crippen LogP contribution is 2.23. The molecule has 3 rings (SSSR count). The fourth-order valence-corrected chi connectivity index (χ4v) is 2.42. The molecule has 0 radical (unpaired) electrons. The number of nitro benzene ring substituents is 1. The quantitative estimate of drug-likeness (QED) is 0.363. The van der Waals surface area contributed by atoms with Crippen molar-refractivity contribution in [3.05, 3.63) is 99.6 Å². The van der Waals surface area contributed by atoms with E-state index in [9.17, 15) is 20.0 Å². The molecule has 0 aliphatic rings. The highest BCUT2D eigenvalue weighted by molar-refractivity contribution is 5.95. The van der Waals surface area contributed by atoms with Crippen LogP contribution in [-0.2, 0) is 6.61 Å². The molecule has 1 amide bonds. The van der Waals surface area contributed by atoms with E-state index < -0.39 is 10.8 Å². The van der Waals surface area contributed by atoms with Crippen molar-refractivity contribution in [1.82, 2.24) is 5.43 Å². The van der Waals surface area contributed by atoms with Crippen molar-refractivity contribution < 1.29 is 19.6 Å². The number of hydrogen-bond donors (Lipinski definition) is 2. The summed E-state index contributed by atoms with van der Waals surface area (Å²) >= 11 is 0. The lowest BCUT2D eigenvalue weighted by Gasteiger charge is -2.07. The molecule has 2 N–H and O–H groups in total. The highest BCUT2D eigenvalue weighted by Gasteiger charge is 2.09. The van der Waals surface area contributed by atoms with E-state index in [2.05, 4.69) is 10.5 Å². The van der Waals surface area contributed by atoms with E-state index in [-0.39, 0.29) is 17.0 Å². The van der Waals surface area contributed by atoms with Crippen LogP contribution in [0.1, 0.15) is 21.5 Å². The fraction of sp³-hybridized carbons (Fsp3) is 0.0476. The number of ether oxygens (including phenoxy) is 1. The number of nitrogens with one attached hydrogen (secondary N) is 1. The number of hydrogen-bond acceptors (Lipinski definition) is 6. The first kappa shape index (κ1) is 19.6. The molecule has 0 aliphatic heterocycles. The number of rotatable bonds is 7. The molecule has 0 spiro atoms. The second kappa shape index (κ2) is 9.14. The van der Waals surface area contributed by atoms with Crippen LogP contribution in [0.3, 0.4) is 0 Å². The lowest BCUT2D eigenvalue weighted by atomic mass is 10.2. The van der Waals surface area contributed by atoms with Gasteiger partial charge in [0.2, 0.25) is 0 Å². The molecule has 0 saturated heterocycles. The Hall–Kier alpha value is -4.20. The molecule has 0 aromatic heterocycles. The van der Waals surface area contributed by atoms with Crippen molar-refractivity contribution >= 4 is 17.8 Å². The number of nitrogens with zero attached hydrogens (tertiary/aromatic N) is 2. The summed E-state index contributed by atoms with van der Waals surface area (Å²) in [5.74, 6) is -0.0826. The topological polar surface area (TPSA) is 114 Å². The van der Waals surface area contributed by atoms with Crippen molar-refractivity contribution in [1.29, 1.82) is 0 Å². The Morgan fingerprint density at radius 3 is 2.48 bits per heavy atom. The predicted molar refractivity (Wildman–Crippen MR) is 107 cm³/mol. The van der Waals surface area contributed by atoms with E-state index in [4.69, 9.17) is 4.74 Å². The SMILES string of the molecule is O=C(N/N=C/c1ccc(OCc2ccccc2)cc1O)c1ccc([N+](=O)[O-])cc1. The Kier molecular flexibility index (Phi) is 6.16. The lowest BCUT2D eigenvalue weighted by molar-refractivity contribution is -0.384. The lowest BCUT2D eigenvalue weighted by Crippen LogP contribution is -2.17. The number of hydrazone groups is 1. The van der Waals surface area contributed by atoms with E-state index >= 15 is 0 Å². The zero-order valence-electron chi connectivity index (χ0n) is 15.2. The van der Waals surface area contributed by atoms with Gasteiger partial charge in [-0.2, -0.15) is 5.10 Å². The Balaban J connectivity index is 1.57. The molecule has 0 unspecified atom stereocenters. The van der Waals surface area contributed by atoms with Crippen LogP contribution in [0.5, 0.6) is 11.5 Å². The number of phenols is 1. The van der Waals surface area contributed by atoms with Crippen molar-refractivity contribution in [2.75, 3.05) is 0 Å². The minimum atomic E-state index is -0.546. The number of carbonyl (C=O) groups excluding carboxylic acids is 1. The molecular formula is C21H17N3O5. The Bertz CT molecular complexity index is 1030. The van der Waals surface area contributed by atoms with Gasteiger partial charge in [0.25, 0.3) is 11.6 Å². The van der Waals surface area contributed by atoms with Crippen LogP contribution in [0.2, 0.25) is 0 Å². The average Bonchev–Trinajstić information content (AvgIpc) is 2.74. The molecule has 0 saturated carbocycles. The summed E-state index contributed by atoms with van der Waals surface area (Å²) in [6.07, 6.45) is 1.29. The van der Waals surface area contributed by atoms with Gasteiger partial charge in [0, 0.05) is 29.3 Å². The molecule has 0 aliphatic carbocycles. The van der Waals surface area contributed by atoms with Gasteiger partial charge in [0.15, 0.2) is 0 Å². The van der Waals surface area contributed by atoms with Gasteiger partial charge in [0.1, 0.15) is 18.1 Å². The summed E-state index contributed by atoms with van der Waals surface area (Å²) in [6.45, 7) is 0.374. The number of aromatic hydroxyl groups is 1. The van der Waals surface area contributed by atoms with E-state index in [1.54, 1.807) is 12.1 Å². The van der Waals surface area contributed by atoms with E-state index in [0.29, 0.717) is 17.9 Å². The normalized spacial score (nSPS) is 10.6. The third-order valence-corrected chi connectivity index (χ3v) is 3.96. The molecule has 3 aromatic rings. The van der Waals surface area contributed by atoms with Gasteiger partial charge in [-0.3, -0.25) is 14.9 Å². The maximum Gasteiger partial charge on any atom is 0.271 e. The largest absolute Gasteiger partial charge is 0.507 e. The van der Waals surface area contributed by atoms with Crippen LogP contribution < -0.4 is 10.2 Å². The van der Waals surface area contributed by atoms with Gasteiger partial charge in [-0.25, -0.2) is 5.43 Å². The van der Waals surface area contributed by atoms with Crippen molar-refractivity contribution in [3.63, 3.8) is 0 Å². The minimum absolute atomic E-state index is 0.0519. The Morgan fingerprint density at radius 2 is 1.83 bits per heavy atom. The number of benzene rings is 3. The van der Waals surface area contributed by atoms with Crippen LogP contribution in [-0.4, -0.2) is 22.2 Å². The highest BCUT2D eigenvalue weighted by atomic mass is 16.6. The van der Waals surface area contributed by atoms with Gasteiger partial charge in [0.05, 0.1) is 11.1 Å². The van der Waals surface area contributed by atoms with E-state index in [0.717, 1.165) is 5.56 Å². The second-order valence-electron chi connectivity index (χ2n) is 6.00. The maximum absolute atomic E-state index is 12.0. The summed E-state index contributed by atoms with van der Waals surface area (Å²) in [5, 5.41) is 24.5. The number of nitro groups is 1. The molecule has 0 heterocycles. The minimum Gasteiger partial charge on any atom is -0.507 e. The molecule has 29 heavy (non-hydrogen) atoms.